The SMILES string of the molecule is CCNC(CC)CCc1cccc(C)c1. The third-order valence-corrected chi connectivity index (χ3v) is 2.85. The molecule has 0 aliphatic heterocycles. The van der Waals surface area contributed by atoms with Gasteiger partial charge in [0.25, 0.3) is 0 Å². The van der Waals surface area contributed by atoms with Gasteiger partial charge in [-0.3, -0.25) is 0 Å². The monoisotopic (exact) mass is 205 g/mol. The van der Waals surface area contributed by atoms with Gasteiger partial charge in [0, 0.05) is 6.04 Å². The fourth-order valence-electron chi connectivity index (χ4n) is 1.95. The molecule has 0 heterocycles. The lowest BCUT2D eigenvalue weighted by atomic mass is 10.0. The van der Waals surface area contributed by atoms with Gasteiger partial charge in [-0.15, -0.1) is 0 Å². The number of aryl methyl sites for hydroxylation is 2. The second-order valence-electron chi connectivity index (χ2n) is 4.19. The van der Waals surface area contributed by atoms with Crippen LogP contribution in [0.5, 0.6) is 0 Å². The Kier molecular flexibility index (Phi) is 5.41. The Morgan fingerprint density at radius 3 is 2.67 bits per heavy atom. The molecule has 1 aromatic carbocycles. The van der Waals surface area contributed by atoms with Gasteiger partial charge in [-0.2, -0.15) is 0 Å². The molecular formula is C14H23N. The summed E-state index contributed by atoms with van der Waals surface area (Å²) < 4.78 is 0. The molecule has 0 fully saturated rings. The molecular weight excluding hydrogens is 182 g/mol. The van der Waals surface area contributed by atoms with Crippen LogP contribution < -0.4 is 5.32 Å². The maximum Gasteiger partial charge on any atom is 0.00674 e. The Morgan fingerprint density at radius 2 is 2.07 bits per heavy atom. The minimum absolute atomic E-state index is 0.676. The molecule has 1 N–H and O–H groups in total. The molecule has 1 rings (SSSR count). The first-order chi connectivity index (χ1) is 7.26. The molecule has 1 atom stereocenters. The van der Waals surface area contributed by atoms with E-state index >= 15 is 0 Å². The molecule has 0 spiro atoms. The van der Waals surface area contributed by atoms with Crippen molar-refractivity contribution in [1.29, 1.82) is 0 Å². The summed E-state index contributed by atoms with van der Waals surface area (Å²) in [5.74, 6) is 0. The Morgan fingerprint density at radius 1 is 1.27 bits per heavy atom. The van der Waals surface area contributed by atoms with Crippen molar-refractivity contribution in [1.82, 2.24) is 5.32 Å². The maximum absolute atomic E-state index is 3.52. The van der Waals surface area contributed by atoms with Gasteiger partial charge in [0.05, 0.1) is 0 Å². The van der Waals surface area contributed by atoms with Crippen molar-refractivity contribution in [2.75, 3.05) is 6.54 Å². The molecule has 0 saturated heterocycles. The second kappa shape index (κ2) is 6.62. The zero-order chi connectivity index (χ0) is 11.1. The Balaban J connectivity index is 2.41. The highest BCUT2D eigenvalue weighted by atomic mass is 14.9. The van der Waals surface area contributed by atoms with E-state index in [1.54, 1.807) is 0 Å². The molecule has 0 aromatic heterocycles. The van der Waals surface area contributed by atoms with Gasteiger partial charge in [0.15, 0.2) is 0 Å². The lowest BCUT2D eigenvalue weighted by Gasteiger charge is -2.15. The van der Waals surface area contributed by atoms with Gasteiger partial charge in [-0.05, 0) is 38.3 Å². The van der Waals surface area contributed by atoms with Crippen LogP contribution in [0.2, 0.25) is 0 Å². The third kappa shape index (κ3) is 4.48. The van der Waals surface area contributed by atoms with Crippen molar-refractivity contribution >= 4 is 0 Å². The number of benzene rings is 1. The second-order valence-corrected chi connectivity index (χ2v) is 4.19. The molecule has 1 nitrogen and oxygen atoms in total. The van der Waals surface area contributed by atoms with Crippen molar-refractivity contribution in [2.24, 2.45) is 0 Å². The molecule has 1 unspecified atom stereocenters. The molecule has 0 aliphatic carbocycles. The summed E-state index contributed by atoms with van der Waals surface area (Å²) in [5, 5.41) is 3.52. The van der Waals surface area contributed by atoms with Crippen LogP contribution in [0.25, 0.3) is 0 Å². The average Bonchev–Trinajstić information content (AvgIpc) is 2.24. The molecule has 0 saturated carbocycles. The summed E-state index contributed by atoms with van der Waals surface area (Å²) in [6.07, 6.45) is 3.65. The first-order valence-corrected chi connectivity index (χ1v) is 6.05. The van der Waals surface area contributed by atoms with Crippen molar-refractivity contribution in [3.05, 3.63) is 35.4 Å². The molecule has 15 heavy (non-hydrogen) atoms. The number of nitrogens with one attached hydrogen (secondary N) is 1. The topological polar surface area (TPSA) is 12.0 Å². The minimum atomic E-state index is 0.676. The van der Waals surface area contributed by atoms with Crippen molar-refractivity contribution in [3.8, 4) is 0 Å². The van der Waals surface area contributed by atoms with Gasteiger partial charge in [-0.25, -0.2) is 0 Å². The average molecular weight is 205 g/mol. The molecule has 0 radical (unpaired) electrons. The van der Waals surface area contributed by atoms with Gasteiger partial charge in [0.2, 0.25) is 0 Å². The third-order valence-electron chi connectivity index (χ3n) is 2.85. The maximum atomic E-state index is 3.52. The summed E-state index contributed by atoms with van der Waals surface area (Å²) in [7, 11) is 0. The molecule has 0 aliphatic rings. The van der Waals surface area contributed by atoms with Crippen LogP contribution in [0, 0.1) is 6.92 Å². The van der Waals surface area contributed by atoms with Crippen LogP contribution in [0.15, 0.2) is 24.3 Å². The first kappa shape index (κ1) is 12.3. The highest BCUT2D eigenvalue weighted by molar-refractivity contribution is 5.22. The fraction of sp³-hybridized carbons (Fsp3) is 0.571. The van der Waals surface area contributed by atoms with Crippen LogP contribution >= 0.6 is 0 Å². The van der Waals surface area contributed by atoms with Crippen LogP contribution in [-0.2, 0) is 6.42 Å². The largest absolute Gasteiger partial charge is 0.314 e. The van der Waals surface area contributed by atoms with Crippen LogP contribution in [0.1, 0.15) is 37.8 Å². The molecule has 1 heteroatoms. The number of hydrogen-bond acceptors (Lipinski definition) is 1. The Hall–Kier alpha value is -0.820. The van der Waals surface area contributed by atoms with E-state index in [0.717, 1.165) is 6.54 Å². The Labute approximate surface area is 93.9 Å². The van der Waals surface area contributed by atoms with E-state index in [2.05, 4.69) is 50.4 Å². The lowest BCUT2D eigenvalue weighted by molar-refractivity contribution is 0.481. The quantitative estimate of drug-likeness (QED) is 0.751. The normalized spacial score (nSPS) is 12.7. The van der Waals surface area contributed by atoms with E-state index < -0.39 is 0 Å². The van der Waals surface area contributed by atoms with E-state index in [0.29, 0.717) is 6.04 Å². The summed E-state index contributed by atoms with van der Waals surface area (Å²) in [6.45, 7) is 7.66. The van der Waals surface area contributed by atoms with Crippen LogP contribution in [-0.4, -0.2) is 12.6 Å². The molecule has 0 amide bonds. The van der Waals surface area contributed by atoms with Crippen molar-refractivity contribution in [3.63, 3.8) is 0 Å². The van der Waals surface area contributed by atoms with E-state index in [9.17, 15) is 0 Å². The van der Waals surface area contributed by atoms with Crippen molar-refractivity contribution in [2.45, 2.75) is 46.1 Å². The van der Waals surface area contributed by atoms with Crippen LogP contribution in [0.3, 0.4) is 0 Å². The van der Waals surface area contributed by atoms with E-state index in [4.69, 9.17) is 0 Å². The highest BCUT2D eigenvalue weighted by Gasteiger charge is 2.04. The highest BCUT2D eigenvalue weighted by Crippen LogP contribution is 2.09. The predicted octanol–water partition coefficient (Wildman–Crippen LogP) is 3.32. The standard InChI is InChI=1S/C14H23N/c1-4-14(15-5-2)10-9-13-8-6-7-12(3)11-13/h6-8,11,14-15H,4-5,9-10H2,1-3H3. The molecule has 0 bridgehead atoms. The predicted molar refractivity (Wildman–Crippen MR) is 67.3 cm³/mol. The minimum Gasteiger partial charge on any atom is -0.314 e. The fourth-order valence-corrected chi connectivity index (χ4v) is 1.95. The van der Waals surface area contributed by atoms with Gasteiger partial charge in [-0.1, -0.05) is 43.7 Å². The summed E-state index contributed by atoms with van der Waals surface area (Å²) >= 11 is 0. The first-order valence-electron chi connectivity index (χ1n) is 6.05. The van der Waals surface area contributed by atoms with E-state index in [1.165, 1.54) is 30.4 Å². The smallest absolute Gasteiger partial charge is 0.00674 e. The zero-order valence-electron chi connectivity index (χ0n) is 10.2. The molecule has 1 aromatic rings. The van der Waals surface area contributed by atoms with Gasteiger partial charge >= 0.3 is 0 Å². The summed E-state index contributed by atoms with van der Waals surface area (Å²) in [6, 6.07) is 9.50. The Bertz CT molecular complexity index is 280. The van der Waals surface area contributed by atoms with Crippen LogP contribution in [0.4, 0.5) is 0 Å². The molecule has 84 valence electrons. The van der Waals surface area contributed by atoms with E-state index in [1.807, 2.05) is 0 Å². The lowest BCUT2D eigenvalue weighted by Crippen LogP contribution is -2.28. The zero-order valence-corrected chi connectivity index (χ0v) is 10.2. The summed E-state index contributed by atoms with van der Waals surface area (Å²) in [4.78, 5) is 0. The number of hydrogen-bond donors (Lipinski definition) is 1. The van der Waals surface area contributed by atoms with Crippen molar-refractivity contribution < 1.29 is 0 Å². The van der Waals surface area contributed by atoms with Gasteiger partial charge < -0.3 is 5.32 Å². The van der Waals surface area contributed by atoms with Gasteiger partial charge in [0.1, 0.15) is 0 Å². The number of rotatable bonds is 6. The summed E-state index contributed by atoms with van der Waals surface area (Å²) in [5.41, 5.74) is 2.83. The van der Waals surface area contributed by atoms with E-state index in [-0.39, 0.29) is 0 Å².